The van der Waals surface area contributed by atoms with Crippen LogP contribution >= 0.6 is 0 Å². The lowest BCUT2D eigenvalue weighted by Crippen LogP contribution is -2.39. The molecule has 0 aromatic rings. The molecule has 0 radical (unpaired) electrons. The first-order valence-electron chi connectivity index (χ1n) is 7.09. The van der Waals surface area contributed by atoms with Crippen molar-refractivity contribution in [3.63, 3.8) is 0 Å². The van der Waals surface area contributed by atoms with Crippen molar-refractivity contribution in [3.8, 4) is 0 Å². The number of aliphatic hydroxyl groups excluding tert-OH is 1. The quantitative estimate of drug-likeness (QED) is 0.626. The van der Waals surface area contributed by atoms with Crippen LogP contribution in [0.15, 0.2) is 49.1 Å². The lowest BCUT2D eigenvalue weighted by atomic mass is 10.0. The molecule has 0 spiro atoms. The molecule has 22 heavy (non-hydrogen) atoms. The van der Waals surface area contributed by atoms with Crippen molar-refractivity contribution in [2.45, 2.75) is 26.9 Å². The number of imide groups is 1. The number of hydrogen-bond acceptors (Lipinski definition) is 4. The minimum atomic E-state index is -0.853. The highest BCUT2D eigenvalue weighted by Crippen LogP contribution is 2.13. The molecule has 1 fully saturated rings. The first-order chi connectivity index (χ1) is 10.4. The van der Waals surface area contributed by atoms with Gasteiger partial charge in [0.05, 0.1) is 18.6 Å². The zero-order valence-corrected chi connectivity index (χ0v) is 13.5. The van der Waals surface area contributed by atoms with Crippen LogP contribution in [0.2, 0.25) is 0 Å². The Balaban J connectivity index is 0.000000472. The van der Waals surface area contributed by atoms with E-state index in [9.17, 15) is 14.7 Å². The molecule has 1 aliphatic rings. The minimum Gasteiger partial charge on any atom is -0.447 e. The standard InChI is InChI=1S/C9H13NO4.C8H12/c1-3-7(6(2)11)8(12)10-4-5-14-9(10)13;1-4-6-8(3)7-5-2/h3,6-7,11H,1,4-5H2,2H3;4-7H,1H2,2-3H3/b;7-5-,8-6-. The molecule has 1 aliphatic heterocycles. The molecule has 0 aromatic carbocycles. The Morgan fingerprint density at radius 3 is 2.45 bits per heavy atom. The van der Waals surface area contributed by atoms with Crippen LogP contribution in [0, 0.1) is 5.92 Å². The van der Waals surface area contributed by atoms with E-state index in [1.807, 2.05) is 32.1 Å². The number of nitrogens with zero attached hydrogens (tertiary/aromatic N) is 1. The molecule has 1 heterocycles. The Kier molecular flexibility index (Phi) is 9.54. The Labute approximate surface area is 132 Å². The van der Waals surface area contributed by atoms with Crippen molar-refractivity contribution >= 4 is 12.0 Å². The summed E-state index contributed by atoms with van der Waals surface area (Å²) < 4.78 is 4.61. The number of carbonyl (C=O) groups excluding carboxylic acids is 2. The third-order valence-corrected chi connectivity index (χ3v) is 2.90. The van der Waals surface area contributed by atoms with Gasteiger partial charge in [-0.2, -0.15) is 0 Å². The van der Waals surface area contributed by atoms with Gasteiger partial charge >= 0.3 is 6.09 Å². The first kappa shape index (κ1) is 19.9. The van der Waals surface area contributed by atoms with E-state index in [0.29, 0.717) is 0 Å². The van der Waals surface area contributed by atoms with E-state index in [4.69, 9.17) is 0 Å². The maximum absolute atomic E-state index is 11.6. The number of cyclic esters (lactones) is 1. The van der Waals surface area contributed by atoms with Crippen LogP contribution in [0.1, 0.15) is 20.8 Å². The van der Waals surface area contributed by atoms with Gasteiger partial charge in [-0.15, -0.1) is 6.58 Å². The number of carbonyl (C=O) groups is 2. The highest BCUT2D eigenvalue weighted by atomic mass is 16.6. The van der Waals surface area contributed by atoms with E-state index in [0.717, 1.165) is 4.90 Å². The fraction of sp³-hybridized carbons (Fsp3) is 0.412. The molecule has 1 rings (SSSR count). The average Bonchev–Trinajstić information content (AvgIpc) is 2.86. The maximum Gasteiger partial charge on any atom is 0.416 e. The second-order valence-electron chi connectivity index (χ2n) is 4.75. The summed E-state index contributed by atoms with van der Waals surface area (Å²) in [4.78, 5) is 23.6. The molecule has 0 aromatic heterocycles. The molecule has 0 saturated carbocycles. The van der Waals surface area contributed by atoms with Gasteiger partial charge in [0.25, 0.3) is 0 Å². The van der Waals surface area contributed by atoms with Gasteiger partial charge in [0.15, 0.2) is 0 Å². The lowest BCUT2D eigenvalue weighted by Gasteiger charge is -2.19. The molecule has 5 heteroatoms. The summed E-state index contributed by atoms with van der Waals surface area (Å²) in [5.74, 6) is -1.21. The van der Waals surface area contributed by atoms with Gasteiger partial charge in [-0.3, -0.25) is 4.79 Å². The van der Waals surface area contributed by atoms with Crippen molar-refractivity contribution < 1.29 is 19.4 Å². The monoisotopic (exact) mass is 307 g/mol. The summed E-state index contributed by atoms with van der Waals surface area (Å²) in [5, 5.41) is 9.26. The summed E-state index contributed by atoms with van der Waals surface area (Å²) in [6.07, 6.45) is 7.64. The molecular formula is C17H25NO4. The molecule has 2 atom stereocenters. The predicted molar refractivity (Wildman–Crippen MR) is 87.2 cm³/mol. The molecule has 1 N–H and O–H groups in total. The molecule has 2 amide bonds. The molecule has 5 nitrogen and oxygen atoms in total. The topological polar surface area (TPSA) is 66.8 Å². The Bertz CT molecular complexity index is 459. The van der Waals surface area contributed by atoms with Crippen molar-refractivity contribution in [1.29, 1.82) is 0 Å². The van der Waals surface area contributed by atoms with Gasteiger partial charge in [-0.1, -0.05) is 42.5 Å². The average molecular weight is 307 g/mol. The molecule has 122 valence electrons. The van der Waals surface area contributed by atoms with Crippen LogP contribution in [0.25, 0.3) is 0 Å². The van der Waals surface area contributed by atoms with Crippen molar-refractivity contribution in [3.05, 3.63) is 49.1 Å². The summed E-state index contributed by atoms with van der Waals surface area (Å²) in [7, 11) is 0. The highest BCUT2D eigenvalue weighted by Gasteiger charge is 2.33. The number of amides is 2. The van der Waals surface area contributed by atoms with E-state index in [2.05, 4.69) is 17.9 Å². The second kappa shape index (κ2) is 10.6. The fourth-order valence-corrected chi connectivity index (χ4v) is 1.78. The van der Waals surface area contributed by atoms with Crippen LogP contribution in [0.4, 0.5) is 4.79 Å². The van der Waals surface area contributed by atoms with Crippen LogP contribution in [0.5, 0.6) is 0 Å². The van der Waals surface area contributed by atoms with Crippen molar-refractivity contribution in [2.75, 3.05) is 13.2 Å². The van der Waals surface area contributed by atoms with Gasteiger partial charge in [0, 0.05) is 0 Å². The predicted octanol–water partition coefficient (Wildman–Crippen LogP) is 2.84. The highest BCUT2D eigenvalue weighted by molar-refractivity contribution is 5.95. The van der Waals surface area contributed by atoms with E-state index in [-0.39, 0.29) is 13.2 Å². The smallest absolute Gasteiger partial charge is 0.416 e. The Hall–Kier alpha value is -2.14. The number of rotatable bonds is 5. The number of aliphatic hydroxyl groups is 1. The van der Waals surface area contributed by atoms with Gasteiger partial charge in [0.1, 0.15) is 6.61 Å². The molecular weight excluding hydrogens is 282 g/mol. The van der Waals surface area contributed by atoms with Gasteiger partial charge in [-0.25, -0.2) is 9.69 Å². The molecule has 0 bridgehead atoms. The summed E-state index contributed by atoms with van der Waals surface area (Å²) in [5.41, 5.74) is 1.24. The van der Waals surface area contributed by atoms with Crippen LogP contribution in [-0.4, -0.2) is 41.3 Å². The summed E-state index contributed by atoms with van der Waals surface area (Å²) in [6.45, 7) is 13.0. The molecule has 0 aliphatic carbocycles. The van der Waals surface area contributed by atoms with Crippen LogP contribution in [0.3, 0.4) is 0 Å². The fourth-order valence-electron chi connectivity index (χ4n) is 1.78. The number of ether oxygens (including phenoxy) is 1. The van der Waals surface area contributed by atoms with Crippen molar-refractivity contribution in [2.24, 2.45) is 5.92 Å². The Morgan fingerprint density at radius 2 is 2.09 bits per heavy atom. The lowest BCUT2D eigenvalue weighted by molar-refractivity contribution is -0.133. The minimum absolute atomic E-state index is 0.217. The zero-order chi connectivity index (χ0) is 17.1. The molecule has 2 unspecified atom stereocenters. The Morgan fingerprint density at radius 1 is 1.45 bits per heavy atom. The third-order valence-electron chi connectivity index (χ3n) is 2.90. The normalized spacial score (nSPS) is 17.4. The largest absolute Gasteiger partial charge is 0.447 e. The molecule has 1 saturated heterocycles. The van der Waals surface area contributed by atoms with Gasteiger partial charge < -0.3 is 9.84 Å². The van der Waals surface area contributed by atoms with Crippen LogP contribution in [-0.2, 0) is 9.53 Å². The number of allylic oxidation sites excluding steroid dienone is 5. The SMILES string of the molecule is C=C/C=C(C)\C=C/C.C=CC(C(=O)N1CCOC1=O)C(C)O. The van der Waals surface area contributed by atoms with E-state index in [1.54, 1.807) is 6.08 Å². The maximum atomic E-state index is 11.6. The van der Waals surface area contributed by atoms with Crippen molar-refractivity contribution in [1.82, 2.24) is 4.90 Å². The first-order valence-corrected chi connectivity index (χ1v) is 7.09. The van der Waals surface area contributed by atoms with E-state index < -0.39 is 24.0 Å². The van der Waals surface area contributed by atoms with E-state index >= 15 is 0 Å². The zero-order valence-electron chi connectivity index (χ0n) is 13.5. The summed E-state index contributed by atoms with van der Waals surface area (Å²) >= 11 is 0. The van der Waals surface area contributed by atoms with E-state index in [1.165, 1.54) is 18.6 Å². The van der Waals surface area contributed by atoms with Gasteiger partial charge in [-0.05, 0) is 20.8 Å². The van der Waals surface area contributed by atoms with Crippen LogP contribution < -0.4 is 0 Å². The van der Waals surface area contributed by atoms with Gasteiger partial charge in [0.2, 0.25) is 5.91 Å². The second-order valence-corrected chi connectivity index (χ2v) is 4.75. The third kappa shape index (κ3) is 6.54. The summed E-state index contributed by atoms with van der Waals surface area (Å²) in [6, 6.07) is 0. The number of hydrogen-bond donors (Lipinski definition) is 1.